The van der Waals surface area contributed by atoms with Crippen molar-refractivity contribution in [1.29, 1.82) is 0 Å². The molecule has 27 heavy (non-hydrogen) atoms. The van der Waals surface area contributed by atoms with Gasteiger partial charge in [0.25, 0.3) is 5.91 Å². The second-order valence-corrected chi connectivity index (χ2v) is 6.68. The Morgan fingerprint density at radius 1 is 1.26 bits per heavy atom. The van der Waals surface area contributed by atoms with Crippen LogP contribution in [0.4, 0.5) is 11.5 Å². The first-order valence-electron chi connectivity index (χ1n) is 8.74. The van der Waals surface area contributed by atoms with E-state index in [0.717, 1.165) is 16.8 Å². The third kappa shape index (κ3) is 3.21. The van der Waals surface area contributed by atoms with Crippen molar-refractivity contribution in [3.05, 3.63) is 53.2 Å². The second kappa shape index (κ2) is 6.71. The molecule has 1 aromatic heterocycles. The topological polar surface area (TPSA) is 117 Å². The molecule has 1 fully saturated rings. The molecule has 138 valence electrons. The summed E-state index contributed by atoms with van der Waals surface area (Å²) in [6.07, 6.45) is 2.24. The highest BCUT2D eigenvalue weighted by molar-refractivity contribution is 6.05. The van der Waals surface area contributed by atoms with E-state index in [2.05, 4.69) is 15.6 Å². The van der Waals surface area contributed by atoms with E-state index in [1.807, 2.05) is 18.2 Å². The Morgan fingerprint density at radius 3 is 2.89 bits per heavy atom. The number of anilines is 2. The van der Waals surface area contributed by atoms with E-state index in [1.54, 1.807) is 23.2 Å². The van der Waals surface area contributed by atoms with Crippen LogP contribution in [-0.4, -0.2) is 33.6 Å². The van der Waals surface area contributed by atoms with E-state index < -0.39 is 11.9 Å². The van der Waals surface area contributed by atoms with Gasteiger partial charge in [0.15, 0.2) is 0 Å². The largest absolute Gasteiger partial charge is 0.382 e. The standard InChI is InChI=1S/C19H19N5O3/c20-17-14(2-1-7-21-17)22-9-11-3-4-13-12(8-11)10-24(19(13)27)15-5-6-16(25)23-18(15)26/h1-4,7-8,15,22H,5-6,9-10H2,(H2,20,21)(H,23,25,26). The van der Waals surface area contributed by atoms with Crippen molar-refractivity contribution in [1.82, 2.24) is 15.2 Å². The molecule has 1 saturated heterocycles. The molecule has 4 rings (SSSR count). The average molecular weight is 365 g/mol. The van der Waals surface area contributed by atoms with Crippen LogP contribution in [0.3, 0.4) is 0 Å². The van der Waals surface area contributed by atoms with Gasteiger partial charge in [0.05, 0.1) is 5.69 Å². The first kappa shape index (κ1) is 17.0. The van der Waals surface area contributed by atoms with Crippen molar-refractivity contribution in [2.45, 2.75) is 32.0 Å². The number of amides is 3. The number of fused-ring (bicyclic) bond motifs is 1. The van der Waals surface area contributed by atoms with E-state index in [9.17, 15) is 14.4 Å². The summed E-state index contributed by atoms with van der Waals surface area (Å²) in [5.74, 6) is -0.432. The van der Waals surface area contributed by atoms with E-state index in [-0.39, 0.29) is 18.2 Å². The third-order valence-electron chi connectivity index (χ3n) is 4.91. The van der Waals surface area contributed by atoms with Gasteiger partial charge in [-0.1, -0.05) is 12.1 Å². The predicted octanol–water partition coefficient (Wildman–Crippen LogP) is 1.04. The molecule has 8 heteroatoms. The van der Waals surface area contributed by atoms with E-state index in [4.69, 9.17) is 5.73 Å². The molecule has 1 aromatic carbocycles. The Kier molecular flexibility index (Phi) is 4.23. The van der Waals surface area contributed by atoms with Gasteiger partial charge in [0.2, 0.25) is 11.8 Å². The number of aromatic nitrogens is 1. The first-order valence-corrected chi connectivity index (χ1v) is 8.74. The van der Waals surface area contributed by atoms with Crippen molar-refractivity contribution < 1.29 is 14.4 Å². The number of nitrogens with one attached hydrogen (secondary N) is 2. The number of benzene rings is 1. The van der Waals surface area contributed by atoms with Crippen LogP contribution in [-0.2, 0) is 22.7 Å². The van der Waals surface area contributed by atoms with Crippen LogP contribution in [0.25, 0.3) is 0 Å². The van der Waals surface area contributed by atoms with Crippen molar-refractivity contribution in [3.63, 3.8) is 0 Å². The zero-order chi connectivity index (χ0) is 19.0. The van der Waals surface area contributed by atoms with Crippen LogP contribution in [0, 0.1) is 0 Å². The lowest BCUT2D eigenvalue weighted by Gasteiger charge is -2.29. The van der Waals surface area contributed by atoms with Crippen molar-refractivity contribution in [2.24, 2.45) is 0 Å². The number of carbonyl (C=O) groups is 3. The summed E-state index contributed by atoms with van der Waals surface area (Å²) in [7, 11) is 0. The van der Waals surface area contributed by atoms with Crippen LogP contribution < -0.4 is 16.4 Å². The summed E-state index contributed by atoms with van der Waals surface area (Å²) < 4.78 is 0. The highest BCUT2D eigenvalue weighted by atomic mass is 16.2. The molecule has 3 amide bonds. The Labute approximate surface area is 155 Å². The molecule has 3 heterocycles. The number of rotatable bonds is 4. The number of imide groups is 1. The van der Waals surface area contributed by atoms with Gasteiger partial charge in [-0.2, -0.15) is 0 Å². The number of carbonyl (C=O) groups excluding carboxylic acids is 3. The Hall–Kier alpha value is -3.42. The Morgan fingerprint density at radius 2 is 2.11 bits per heavy atom. The zero-order valence-electron chi connectivity index (χ0n) is 14.6. The van der Waals surface area contributed by atoms with Crippen molar-refractivity contribution in [2.75, 3.05) is 11.1 Å². The number of hydrogen-bond acceptors (Lipinski definition) is 6. The van der Waals surface area contributed by atoms with E-state index in [1.165, 1.54) is 0 Å². The van der Waals surface area contributed by atoms with Gasteiger partial charge in [0, 0.05) is 31.3 Å². The maximum atomic E-state index is 12.7. The number of nitrogen functional groups attached to an aromatic ring is 1. The van der Waals surface area contributed by atoms with Crippen LogP contribution in [0.15, 0.2) is 36.5 Å². The number of hydrogen-bond donors (Lipinski definition) is 3. The molecular weight excluding hydrogens is 346 g/mol. The molecule has 0 radical (unpaired) electrons. The minimum atomic E-state index is -0.598. The molecule has 2 aromatic rings. The van der Waals surface area contributed by atoms with Gasteiger partial charge < -0.3 is 16.0 Å². The monoisotopic (exact) mass is 365 g/mol. The summed E-state index contributed by atoms with van der Waals surface area (Å²) in [4.78, 5) is 41.7. The maximum Gasteiger partial charge on any atom is 0.255 e. The number of nitrogens with zero attached hydrogens (tertiary/aromatic N) is 2. The molecule has 0 aliphatic carbocycles. The lowest BCUT2D eigenvalue weighted by molar-refractivity contribution is -0.136. The Bertz CT molecular complexity index is 943. The van der Waals surface area contributed by atoms with Gasteiger partial charge in [-0.15, -0.1) is 0 Å². The zero-order valence-corrected chi connectivity index (χ0v) is 14.6. The summed E-state index contributed by atoms with van der Waals surface area (Å²) in [5.41, 5.74) is 9.05. The molecule has 2 aliphatic heterocycles. The quantitative estimate of drug-likeness (QED) is 0.697. The van der Waals surface area contributed by atoms with Gasteiger partial charge in [-0.3, -0.25) is 19.7 Å². The van der Waals surface area contributed by atoms with E-state index in [0.29, 0.717) is 30.9 Å². The average Bonchev–Trinajstić information content (AvgIpc) is 2.97. The molecule has 0 saturated carbocycles. The smallest absolute Gasteiger partial charge is 0.255 e. The van der Waals surface area contributed by atoms with Gasteiger partial charge in [-0.25, -0.2) is 4.98 Å². The van der Waals surface area contributed by atoms with Gasteiger partial charge in [-0.05, 0) is 35.7 Å². The molecule has 4 N–H and O–H groups in total. The Balaban J connectivity index is 1.48. The lowest BCUT2D eigenvalue weighted by Crippen LogP contribution is -2.52. The highest BCUT2D eigenvalue weighted by Crippen LogP contribution is 2.28. The summed E-state index contributed by atoms with van der Waals surface area (Å²) in [5, 5.41) is 5.54. The fourth-order valence-corrected chi connectivity index (χ4v) is 3.50. The lowest BCUT2D eigenvalue weighted by atomic mass is 10.0. The normalized spacial score (nSPS) is 19.0. The van der Waals surface area contributed by atoms with Crippen LogP contribution in [0.1, 0.15) is 34.3 Å². The van der Waals surface area contributed by atoms with Crippen LogP contribution in [0.5, 0.6) is 0 Å². The van der Waals surface area contributed by atoms with Gasteiger partial charge in [0.1, 0.15) is 11.9 Å². The number of pyridine rings is 1. The van der Waals surface area contributed by atoms with E-state index >= 15 is 0 Å². The van der Waals surface area contributed by atoms with Crippen LogP contribution in [0.2, 0.25) is 0 Å². The maximum absolute atomic E-state index is 12.7. The minimum absolute atomic E-state index is 0.171. The molecule has 0 bridgehead atoms. The summed E-state index contributed by atoms with van der Waals surface area (Å²) in [6.45, 7) is 0.902. The van der Waals surface area contributed by atoms with Crippen LogP contribution >= 0.6 is 0 Å². The third-order valence-corrected chi connectivity index (χ3v) is 4.91. The number of piperidine rings is 1. The summed E-state index contributed by atoms with van der Waals surface area (Å²) >= 11 is 0. The molecular formula is C19H19N5O3. The molecule has 8 nitrogen and oxygen atoms in total. The first-order chi connectivity index (χ1) is 13.0. The second-order valence-electron chi connectivity index (χ2n) is 6.68. The molecule has 2 aliphatic rings. The van der Waals surface area contributed by atoms with Gasteiger partial charge >= 0.3 is 0 Å². The summed E-state index contributed by atoms with van der Waals surface area (Å²) in [6, 6.07) is 8.68. The highest BCUT2D eigenvalue weighted by Gasteiger charge is 2.38. The SMILES string of the molecule is Nc1ncccc1NCc1ccc2c(c1)CN(C1CCC(=O)NC1=O)C2=O. The van der Waals surface area contributed by atoms with Crippen molar-refractivity contribution >= 4 is 29.2 Å². The number of nitrogens with two attached hydrogens (primary N) is 1. The molecule has 0 spiro atoms. The molecule has 1 unspecified atom stereocenters. The fraction of sp³-hybridized carbons (Fsp3) is 0.263. The predicted molar refractivity (Wildman–Crippen MR) is 98.5 cm³/mol. The molecule has 1 atom stereocenters. The fourth-order valence-electron chi connectivity index (χ4n) is 3.50. The van der Waals surface area contributed by atoms with Crippen molar-refractivity contribution in [3.8, 4) is 0 Å². The minimum Gasteiger partial charge on any atom is -0.382 e.